The fraction of sp³-hybridized carbons (Fsp3) is 0.312. The summed E-state index contributed by atoms with van der Waals surface area (Å²) in [5.74, 6) is -2.38. The van der Waals surface area contributed by atoms with Crippen LogP contribution in [0.2, 0.25) is 0 Å². The van der Waals surface area contributed by atoms with Gasteiger partial charge in [0.2, 0.25) is 10.0 Å². The van der Waals surface area contributed by atoms with Crippen molar-refractivity contribution in [3.63, 3.8) is 0 Å². The molecule has 0 radical (unpaired) electrons. The van der Waals surface area contributed by atoms with E-state index in [0.717, 1.165) is 23.4 Å². The highest BCUT2D eigenvalue weighted by molar-refractivity contribution is 7.88. The van der Waals surface area contributed by atoms with Crippen molar-refractivity contribution in [1.29, 1.82) is 0 Å². The maximum Gasteiger partial charge on any atom is 0.265 e. The molecule has 0 aliphatic carbocycles. The first kappa shape index (κ1) is 30.8. The zero-order chi connectivity index (χ0) is 32.3. The fourth-order valence-electron chi connectivity index (χ4n) is 5.87. The molecule has 0 spiro atoms. The topological polar surface area (TPSA) is 136 Å². The molecule has 2 aromatic heterocycles. The van der Waals surface area contributed by atoms with Gasteiger partial charge >= 0.3 is 0 Å². The number of amides is 1. The first-order valence-electron chi connectivity index (χ1n) is 14.3. The Hall–Kier alpha value is -4.17. The van der Waals surface area contributed by atoms with Gasteiger partial charge in [0.25, 0.3) is 5.91 Å². The van der Waals surface area contributed by atoms with E-state index >= 15 is 8.78 Å². The van der Waals surface area contributed by atoms with Crippen LogP contribution in [0.4, 0.5) is 14.5 Å². The lowest BCUT2D eigenvalue weighted by molar-refractivity contribution is 0.0777. The van der Waals surface area contributed by atoms with E-state index in [1.807, 2.05) is 12.1 Å². The predicted molar refractivity (Wildman–Crippen MR) is 165 cm³/mol. The Balaban J connectivity index is 1.43. The van der Waals surface area contributed by atoms with Gasteiger partial charge in [0, 0.05) is 35.9 Å². The molecule has 0 unspecified atom stereocenters. The number of pyridine rings is 1. The number of rotatable bonds is 6. The second-order valence-electron chi connectivity index (χ2n) is 11.7. The molecule has 0 fully saturated rings. The van der Waals surface area contributed by atoms with Crippen molar-refractivity contribution in [3.05, 3.63) is 82.7 Å². The smallest absolute Gasteiger partial charge is 0.265 e. The van der Waals surface area contributed by atoms with Gasteiger partial charge in [0.05, 0.1) is 30.7 Å². The number of halogens is 2. The average molecular weight is 639 g/mol. The molecule has 0 bridgehead atoms. The minimum atomic E-state index is -3.32. The summed E-state index contributed by atoms with van der Waals surface area (Å²) in [6, 6.07) is 8.42. The lowest BCUT2D eigenvalue weighted by Gasteiger charge is -2.25. The summed E-state index contributed by atoms with van der Waals surface area (Å²) >= 11 is 0. The number of hydrogen-bond donors (Lipinski definition) is 3. The average Bonchev–Trinajstić information content (AvgIpc) is 3.34. The van der Waals surface area contributed by atoms with Crippen molar-refractivity contribution in [1.82, 2.24) is 14.3 Å². The van der Waals surface area contributed by atoms with Crippen LogP contribution in [0, 0.1) is 11.6 Å². The molecule has 236 valence electrons. The molecule has 45 heavy (non-hydrogen) atoms. The number of nitrogens with one attached hydrogen (secondary N) is 1. The third-order valence-electron chi connectivity index (χ3n) is 8.24. The van der Waals surface area contributed by atoms with Crippen LogP contribution < -0.4 is 9.64 Å². The Morgan fingerprint density at radius 3 is 2.56 bits per heavy atom. The standard InChI is InChI=1S/C32H32F2N4O6S/c1-32(2,41)19-12-25(34)29-28(13-19)44-11-10-38(31(29)40)27-15-20(33)14-22(24(27)17-39)21-4-7-35-30-23(21)16-26(36-30)18-5-8-37(9-6-18)45(3,42)43/h4-5,7,12-16,39,41H,6,8-11,17H2,1-3H3,(H,35,36). The van der Waals surface area contributed by atoms with E-state index in [4.69, 9.17) is 4.74 Å². The number of fused-ring (bicyclic) bond motifs is 2. The van der Waals surface area contributed by atoms with Gasteiger partial charge in [0.1, 0.15) is 35.2 Å². The highest BCUT2D eigenvalue weighted by Gasteiger charge is 2.33. The number of nitrogens with zero attached hydrogens (tertiary/aromatic N) is 3. The van der Waals surface area contributed by atoms with Crippen LogP contribution in [0.25, 0.3) is 27.7 Å². The van der Waals surface area contributed by atoms with E-state index in [0.29, 0.717) is 35.1 Å². The molecule has 13 heteroatoms. The maximum atomic E-state index is 15.4. The van der Waals surface area contributed by atoms with E-state index < -0.39 is 39.8 Å². The van der Waals surface area contributed by atoms with E-state index in [1.165, 1.54) is 41.4 Å². The monoisotopic (exact) mass is 638 g/mol. The number of benzene rings is 2. The first-order chi connectivity index (χ1) is 21.3. The van der Waals surface area contributed by atoms with Gasteiger partial charge in [-0.1, -0.05) is 6.08 Å². The molecule has 0 saturated heterocycles. The van der Waals surface area contributed by atoms with Crippen LogP contribution in [0.5, 0.6) is 5.75 Å². The largest absolute Gasteiger partial charge is 0.491 e. The Bertz CT molecular complexity index is 1980. The van der Waals surface area contributed by atoms with Crippen LogP contribution in [0.1, 0.15) is 47.4 Å². The number of ether oxygens (including phenoxy) is 1. The summed E-state index contributed by atoms with van der Waals surface area (Å²) < 4.78 is 61.7. The van der Waals surface area contributed by atoms with Gasteiger partial charge < -0.3 is 24.8 Å². The number of aromatic amines is 1. The minimum absolute atomic E-state index is 0.0332. The second kappa shape index (κ2) is 11.3. The Morgan fingerprint density at radius 1 is 1.11 bits per heavy atom. The van der Waals surface area contributed by atoms with Crippen molar-refractivity contribution < 1.29 is 36.9 Å². The van der Waals surface area contributed by atoms with E-state index in [1.54, 1.807) is 12.3 Å². The molecule has 4 heterocycles. The molecular formula is C32H32F2N4O6S. The van der Waals surface area contributed by atoms with E-state index in [9.17, 15) is 23.4 Å². The number of sulfonamides is 1. The van der Waals surface area contributed by atoms with Crippen molar-refractivity contribution in [2.75, 3.05) is 37.4 Å². The van der Waals surface area contributed by atoms with Gasteiger partial charge in [0.15, 0.2) is 0 Å². The Morgan fingerprint density at radius 2 is 1.89 bits per heavy atom. The number of carbonyl (C=O) groups excluding carboxylic acids is 1. The molecule has 0 saturated carbocycles. The zero-order valence-corrected chi connectivity index (χ0v) is 25.7. The third-order valence-corrected chi connectivity index (χ3v) is 9.51. The number of H-pyrrole nitrogens is 1. The number of aliphatic hydroxyl groups is 2. The highest BCUT2D eigenvalue weighted by atomic mass is 32.2. The van der Waals surface area contributed by atoms with Crippen LogP contribution in [0.3, 0.4) is 0 Å². The summed E-state index contributed by atoms with van der Waals surface area (Å²) in [5.41, 5.74) is 1.82. The third kappa shape index (κ3) is 5.72. The van der Waals surface area contributed by atoms with Crippen LogP contribution in [-0.4, -0.2) is 71.3 Å². The summed E-state index contributed by atoms with van der Waals surface area (Å²) in [7, 11) is -3.32. The lowest BCUT2D eigenvalue weighted by Crippen LogP contribution is -2.34. The van der Waals surface area contributed by atoms with Crippen LogP contribution in [0.15, 0.2) is 48.7 Å². The molecule has 6 rings (SSSR count). The van der Waals surface area contributed by atoms with Crippen LogP contribution in [-0.2, 0) is 22.2 Å². The Kier molecular flexibility index (Phi) is 7.76. The van der Waals surface area contributed by atoms with E-state index in [-0.39, 0.29) is 47.8 Å². The summed E-state index contributed by atoms with van der Waals surface area (Å²) in [6.45, 7) is 2.89. The number of aliphatic hydroxyl groups excluding tert-OH is 1. The molecule has 2 aliphatic heterocycles. The van der Waals surface area contributed by atoms with Gasteiger partial charge in [-0.3, -0.25) is 4.79 Å². The first-order valence-corrected chi connectivity index (χ1v) is 16.2. The number of hydrogen-bond acceptors (Lipinski definition) is 7. The second-order valence-corrected chi connectivity index (χ2v) is 13.7. The lowest BCUT2D eigenvalue weighted by atomic mass is 9.94. The molecule has 10 nitrogen and oxygen atoms in total. The number of carbonyl (C=O) groups is 1. The molecular weight excluding hydrogens is 606 g/mol. The minimum Gasteiger partial charge on any atom is -0.491 e. The molecule has 3 N–H and O–H groups in total. The normalized spacial score (nSPS) is 16.4. The SMILES string of the molecule is CC(C)(O)c1cc(F)c2c(c1)OCCN(c1cc(F)cc(-c3ccnc4[nH]c(C5=CCN(S(C)(=O)=O)CC5)cc34)c1CO)C2=O. The van der Waals surface area contributed by atoms with Gasteiger partial charge in [-0.15, -0.1) is 0 Å². The summed E-state index contributed by atoms with van der Waals surface area (Å²) in [4.78, 5) is 22.7. The predicted octanol–water partition coefficient (Wildman–Crippen LogP) is 4.32. The van der Waals surface area contributed by atoms with Gasteiger partial charge in [-0.05, 0) is 78.9 Å². The summed E-state index contributed by atoms with van der Waals surface area (Å²) in [6.07, 6.45) is 5.03. The fourth-order valence-corrected chi connectivity index (χ4v) is 6.64. The highest BCUT2D eigenvalue weighted by Crippen LogP contribution is 2.40. The van der Waals surface area contributed by atoms with Crippen molar-refractivity contribution in [3.8, 4) is 16.9 Å². The van der Waals surface area contributed by atoms with E-state index in [2.05, 4.69) is 9.97 Å². The van der Waals surface area contributed by atoms with Crippen molar-refractivity contribution in [2.24, 2.45) is 0 Å². The maximum absolute atomic E-state index is 15.4. The molecule has 2 aliphatic rings. The number of aromatic nitrogens is 2. The zero-order valence-electron chi connectivity index (χ0n) is 24.9. The molecule has 1 amide bonds. The van der Waals surface area contributed by atoms with Crippen LogP contribution >= 0.6 is 0 Å². The molecule has 4 aromatic rings. The quantitative estimate of drug-likeness (QED) is 0.286. The number of anilines is 1. The Labute approximate surface area is 258 Å². The van der Waals surface area contributed by atoms with Gasteiger partial charge in [-0.25, -0.2) is 22.2 Å². The molecule has 2 aromatic carbocycles. The van der Waals surface area contributed by atoms with Crippen molar-refractivity contribution >= 4 is 38.2 Å². The van der Waals surface area contributed by atoms with Crippen molar-refractivity contribution in [2.45, 2.75) is 32.5 Å². The van der Waals surface area contributed by atoms with Gasteiger partial charge in [-0.2, -0.15) is 4.31 Å². The summed E-state index contributed by atoms with van der Waals surface area (Å²) in [5, 5.41) is 21.6. The molecule has 0 atom stereocenters.